The Morgan fingerprint density at radius 3 is 2.19 bits per heavy atom. The molecule has 3 atom stereocenters. The second-order valence-electron chi connectivity index (χ2n) is 8.60. The second-order valence-corrected chi connectivity index (χ2v) is 8.60. The maximum Gasteiger partial charge on any atom is 0.239 e. The highest BCUT2D eigenvalue weighted by Gasteiger charge is 2.30. The Hall–Kier alpha value is -1.88. The smallest absolute Gasteiger partial charge is 0.239 e. The van der Waals surface area contributed by atoms with E-state index in [1.807, 2.05) is 37.6 Å². The third-order valence-electron chi connectivity index (χ3n) is 5.53. The van der Waals surface area contributed by atoms with E-state index in [9.17, 15) is 9.59 Å². The fourth-order valence-electron chi connectivity index (χ4n) is 4.22. The average Bonchev–Trinajstić information content (AvgIpc) is 2.55. The predicted molar refractivity (Wildman–Crippen MR) is 111 cm³/mol. The molecule has 5 nitrogen and oxygen atoms in total. The van der Waals surface area contributed by atoms with Crippen molar-refractivity contribution < 1.29 is 9.59 Å². The van der Waals surface area contributed by atoms with Gasteiger partial charge in [-0.1, -0.05) is 31.5 Å². The van der Waals surface area contributed by atoms with E-state index >= 15 is 0 Å². The lowest BCUT2D eigenvalue weighted by Gasteiger charge is -2.38. The number of likely N-dealkylation sites (N-methyl/N-ethyl adjacent to an activating group) is 1. The van der Waals surface area contributed by atoms with Gasteiger partial charge in [-0.3, -0.25) is 14.5 Å². The van der Waals surface area contributed by atoms with Crippen molar-refractivity contribution in [1.29, 1.82) is 0 Å². The molecule has 1 saturated heterocycles. The first-order valence-corrected chi connectivity index (χ1v) is 9.95. The third kappa shape index (κ3) is 5.55. The highest BCUT2D eigenvalue weighted by molar-refractivity contribution is 5.94. The molecule has 1 N–H and O–H groups in total. The number of piperidine rings is 1. The Labute approximate surface area is 164 Å². The molecule has 0 radical (unpaired) electrons. The van der Waals surface area contributed by atoms with E-state index in [0.717, 1.165) is 29.9 Å². The summed E-state index contributed by atoms with van der Waals surface area (Å²) in [6, 6.07) is 3.82. The number of nitrogens with one attached hydrogen (secondary N) is 1. The first kappa shape index (κ1) is 21.4. The molecule has 0 aliphatic carbocycles. The Kier molecular flexibility index (Phi) is 7.04. The quantitative estimate of drug-likeness (QED) is 0.861. The van der Waals surface area contributed by atoms with Crippen molar-refractivity contribution >= 4 is 17.5 Å². The van der Waals surface area contributed by atoms with Crippen LogP contribution >= 0.6 is 0 Å². The van der Waals surface area contributed by atoms with Crippen LogP contribution in [0.3, 0.4) is 0 Å². The summed E-state index contributed by atoms with van der Waals surface area (Å²) < 4.78 is 0. The SMILES string of the molecule is Cc1cc(C)c(NC(=O)CN(C)C(C)C(=O)N2CC(C)CC(C)C2)c(C)c1. The minimum atomic E-state index is -0.312. The topological polar surface area (TPSA) is 52.7 Å². The van der Waals surface area contributed by atoms with Crippen LogP contribution in [0.1, 0.15) is 43.9 Å². The molecule has 27 heavy (non-hydrogen) atoms. The van der Waals surface area contributed by atoms with Gasteiger partial charge in [0.1, 0.15) is 0 Å². The molecule has 3 unspecified atom stereocenters. The summed E-state index contributed by atoms with van der Waals surface area (Å²) in [4.78, 5) is 29.2. The zero-order valence-corrected chi connectivity index (χ0v) is 17.9. The van der Waals surface area contributed by atoms with E-state index in [4.69, 9.17) is 0 Å². The number of likely N-dealkylation sites (tertiary alicyclic amines) is 1. The molecule has 1 aliphatic heterocycles. The average molecular weight is 374 g/mol. The van der Waals surface area contributed by atoms with Crippen LogP contribution in [0.15, 0.2) is 12.1 Å². The molecule has 1 fully saturated rings. The maximum absolute atomic E-state index is 12.9. The van der Waals surface area contributed by atoms with Crippen molar-refractivity contribution in [3.05, 3.63) is 28.8 Å². The molecule has 0 bridgehead atoms. The standard InChI is InChI=1S/C22H35N3O2/c1-14-9-17(4)21(18(5)10-14)23-20(26)13-24(7)19(6)22(27)25-11-15(2)8-16(3)12-25/h9-10,15-16,19H,8,11-13H2,1-7H3,(H,23,26). The molecule has 5 heteroatoms. The maximum atomic E-state index is 12.9. The van der Waals surface area contributed by atoms with E-state index in [1.54, 1.807) is 0 Å². The summed E-state index contributed by atoms with van der Waals surface area (Å²) >= 11 is 0. The lowest BCUT2D eigenvalue weighted by atomic mass is 9.91. The van der Waals surface area contributed by atoms with E-state index in [2.05, 4.69) is 38.2 Å². The largest absolute Gasteiger partial charge is 0.341 e. The number of carbonyl (C=O) groups is 2. The number of benzene rings is 1. The van der Waals surface area contributed by atoms with Gasteiger partial charge in [0.05, 0.1) is 12.6 Å². The molecule has 0 aromatic heterocycles. The highest BCUT2D eigenvalue weighted by atomic mass is 16.2. The highest BCUT2D eigenvalue weighted by Crippen LogP contribution is 2.23. The number of nitrogens with zero attached hydrogens (tertiary/aromatic N) is 2. The second kappa shape index (κ2) is 8.87. The van der Waals surface area contributed by atoms with E-state index in [1.165, 1.54) is 12.0 Å². The zero-order valence-electron chi connectivity index (χ0n) is 17.9. The summed E-state index contributed by atoms with van der Waals surface area (Å²) in [6.07, 6.45) is 1.17. The lowest BCUT2D eigenvalue weighted by Crippen LogP contribution is -2.51. The van der Waals surface area contributed by atoms with Gasteiger partial charge in [-0.25, -0.2) is 0 Å². The van der Waals surface area contributed by atoms with Crippen LogP contribution in [0.25, 0.3) is 0 Å². The third-order valence-corrected chi connectivity index (χ3v) is 5.53. The Bertz CT molecular complexity index is 668. The number of hydrogen-bond acceptors (Lipinski definition) is 3. The molecule has 0 saturated carbocycles. The molecule has 1 aromatic carbocycles. The van der Waals surface area contributed by atoms with Gasteiger partial charge in [-0.15, -0.1) is 0 Å². The van der Waals surface area contributed by atoms with Gasteiger partial charge in [-0.2, -0.15) is 0 Å². The molecular weight excluding hydrogens is 338 g/mol. The Morgan fingerprint density at radius 2 is 1.67 bits per heavy atom. The summed E-state index contributed by atoms with van der Waals surface area (Å²) in [5.74, 6) is 1.09. The normalized spacial score (nSPS) is 21.3. The van der Waals surface area contributed by atoms with Crippen LogP contribution in [-0.4, -0.2) is 54.3 Å². The molecular formula is C22H35N3O2. The zero-order chi connectivity index (χ0) is 20.3. The van der Waals surface area contributed by atoms with Crippen molar-refractivity contribution in [3.63, 3.8) is 0 Å². The predicted octanol–water partition coefficient (Wildman–Crippen LogP) is 3.38. The Balaban J connectivity index is 1.96. The van der Waals surface area contributed by atoms with Gasteiger partial charge in [0.25, 0.3) is 0 Å². The van der Waals surface area contributed by atoms with Crippen molar-refractivity contribution in [3.8, 4) is 0 Å². The molecule has 150 valence electrons. The van der Waals surface area contributed by atoms with Crippen LogP contribution in [0.5, 0.6) is 0 Å². The van der Waals surface area contributed by atoms with Crippen molar-refractivity contribution in [1.82, 2.24) is 9.80 Å². The molecule has 1 aromatic rings. The van der Waals surface area contributed by atoms with Gasteiger partial charge < -0.3 is 10.2 Å². The number of rotatable bonds is 5. The molecule has 0 spiro atoms. The minimum absolute atomic E-state index is 0.0902. The van der Waals surface area contributed by atoms with Crippen molar-refractivity contribution in [2.75, 3.05) is 32.0 Å². The summed E-state index contributed by atoms with van der Waals surface area (Å²) in [5, 5.41) is 3.02. The van der Waals surface area contributed by atoms with Crippen LogP contribution in [0.2, 0.25) is 0 Å². The molecule has 1 heterocycles. The van der Waals surface area contributed by atoms with Gasteiger partial charge in [0, 0.05) is 18.8 Å². The van der Waals surface area contributed by atoms with E-state index < -0.39 is 0 Å². The van der Waals surface area contributed by atoms with Gasteiger partial charge >= 0.3 is 0 Å². The van der Waals surface area contributed by atoms with E-state index in [-0.39, 0.29) is 24.4 Å². The van der Waals surface area contributed by atoms with E-state index in [0.29, 0.717) is 11.8 Å². The summed E-state index contributed by atoms with van der Waals surface area (Å²) in [5.41, 5.74) is 4.17. The lowest BCUT2D eigenvalue weighted by molar-refractivity contribution is -0.139. The van der Waals surface area contributed by atoms with Gasteiger partial charge in [-0.05, 0) is 64.1 Å². The first-order chi connectivity index (χ1) is 12.6. The van der Waals surface area contributed by atoms with Gasteiger partial charge in [0.15, 0.2) is 0 Å². The molecule has 2 amide bonds. The van der Waals surface area contributed by atoms with Crippen molar-refractivity contribution in [2.24, 2.45) is 11.8 Å². The number of hydrogen-bond donors (Lipinski definition) is 1. The molecule has 2 rings (SSSR count). The monoisotopic (exact) mass is 373 g/mol. The summed E-state index contributed by atoms with van der Waals surface area (Å²) in [7, 11) is 1.84. The number of carbonyl (C=O) groups excluding carboxylic acids is 2. The first-order valence-electron chi connectivity index (χ1n) is 9.95. The number of anilines is 1. The van der Waals surface area contributed by atoms with Crippen LogP contribution in [0.4, 0.5) is 5.69 Å². The van der Waals surface area contributed by atoms with Crippen LogP contribution in [0, 0.1) is 32.6 Å². The number of aryl methyl sites for hydroxylation is 3. The fraction of sp³-hybridized carbons (Fsp3) is 0.636. The van der Waals surface area contributed by atoms with Gasteiger partial charge in [0.2, 0.25) is 11.8 Å². The number of amides is 2. The van der Waals surface area contributed by atoms with Crippen LogP contribution in [-0.2, 0) is 9.59 Å². The summed E-state index contributed by atoms with van der Waals surface area (Å²) in [6.45, 7) is 14.2. The fourth-order valence-corrected chi connectivity index (χ4v) is 4.22. The van der Waals surface area contributed by atoms with Crippen molar-refractivity contribution in [2.45, 2.75) is 54.0 Å². The Morgan fingerprint density at radius 1 is 1.15 bits per heavy atom. The minimum Gasteiger partial charge on any atom is -0.341 e. The van der Waals surface area contributed by atoms with Crippen LogP contribution < -0.4 is 5.32 Å². The molecule has 1 aliphatic rings.